The van der Waals surface area contributed by atoms with Gasteiger partial charge in [-0.25, -0.2) is 8.42 Å². The maximum Gasteiger partial charge on any atom is 0.234 e. The van der Waals surface area contributed by atoms with Gasteiger partial charge in [-0.1, -0.05) is 0 Å². The van der Waals surface area contributed by atoms with Crippen LogP contribution < -0.4 is 9.62 Å². The van der Waals surface area contributed by atoms with E-state index in [0.29, 0.717) is 6.54 Å². The molecule has 7 heteroatoms. The Morgan fingerprint density at radius 3 is 2.80 bits per heavy atom. The summed E-state index contributed by atoms with van der Waals surface area (Å²) in [6.45, 7) is 3.17. The van der Waals surface area contributed by atoms with Gasteiger partial charge in [0.25, 0.3) is 0 Å². The van der Waals surface area contributed by atoms with Crippen LogP contribution in [0.3, 0.4) is 0 Å². The Balaban J connectivity index is 1.72. The van der Waals surface area contributed by atoms with E-state index in [0.717, 1.165) is 35.8 Å². The van der Waals surface area contributed by atoms with E-state index in [1.54, 1.807) is 17.4 Å². The molecule has 1 unspecified atom stereocenters. The van der Waals surface area contributed by atoms with Crippen LogP contribution in [0.15, 0.2) is 36.7 Å². The number of benzene rings is 1. The van der Waals surface area contributed by atoms with Crippen LogP contribution in [0.2, 0.25) is 0 Å². The number of nitrogens with one attached hydrogen (secondary N) is 1. The van der Waals surface area contributed by atoms with Crippen LogP contribution in [-0.2, 0) is 10.0 Å². The molecular formula is C18H24N4O2S. The summed E-state index contributed by atoms with van der Waals surface area (Å²) >= 11 is 0. The van der Waals surface area contributed by atoms with Crippen molar-refractivity contribution in [3.05, 3.63) is 42.2 Å². The number of hydrogen-bond donors (Lipinski definition) is 1. The third-order valence-corrected chi connectivity index (χ3v) is 6.88. The molecule has 0 bridgehead atoms. The van der Waals surface area contributed by atoms with Crippen molar-refractivity contribution in [3.8, 4) is 0 Å². The molecule has 134 valence electrons. The number of aromatic nitrogens is 2. The van der Waals surface area contributed by atoms with Gasteiger partial charge in [0.2, 0.25) is 10.0 Å². The minimum absolute atomic E-state index is 0.0657. The smallest absolute Gasteiger partial charge is 0.234 e. The van der Waals surface area contributed by atoms with Gasteiger partial charge in [-0.2, -0.15) is 5.10 Å². The second kappa shape index (κ2) is 6.37. The van der Waals surface area contributed by atoms with Gasteiger partial charge >= 0.3 is 0 Å². The highest BCUT2D eigenvalue weighted by Gasteiger charge is 2.32. The second-order valence-corrected chi connectivity index (χ2v) is 9.04. The summed E-state index contributed by atoms with van der Waals surface area (Å²) in [6, 6.07) is 8.00. The van der Waals surface area contributed by atoms with E-state index in [-0.39, 0.29) is 11.8 Å². The van der Waals surface area contributed by atoms with E-state index in [1.807, 2.05) is 29.1 Å². The Hall–Kier alpha value is -2.02. The molecule has 6 nitrogen and oxygen atoms in total. The lowest BCUT2D eigenvalue weighted by molar-refractivity contribution is 0.479. The fraction of sp³-hybridized carbons (Fsp3) is 0.500. The number of sulfonamides is 1. The van der Waals surface area contributed by atoms with Crippen LogP contribution in [0.4, 0.5) is 11.4 Å². The lowest BCUT2D eigenvalue weighted by Crippen LogP contribution is -2.39. The van der Waals surface area contributed by atoms with E-state index in [2.05, 4.69) is 16.5 Å². The average Bonchev–Trinajstić information content (AvgIpc) is 3.30. The number of anilines is 2. The van der Waals surface area contributed by atoms with Gasteiger partial charge in [0, 0.05) is 36.7 Å². The Labute approximate surface area is 148 Å². The van der Waals surface area contributed by atoms with Gasteiger partial charge in [-0.15, -0.1) is 0 Å². The van der Waals surface area contributed by atoms with Crippen molar-refractivity contribution in [1.29, 1.82) is 0 Å². The highest BCUT2D eigenvalue weighted by atomic mass is 32.2. The molecule has 0 radical (unpaired) electrons. The third-order valence-electron chi connectivity index (χ3n) is 5.10. The quantitative estimate of drug-likeness (QED) is 0.860. The molecule has 25 heavy (non-hydrogen) atoms. The Morgan fingerprint density at radius 1 is 1.28 bits per heavy atom. The molecule has 1 aliphatic carbocycles. The second-order valence-electron chi connectivity index (χ2n) is 6.86. The summed E-state index contributed by atoms with van der Waals surface area (Å²) in [5, 5.41) is 7.88. The molecule has 4 rings (SSSR count). The first-order valence-corrected chi connectivity index (χ1v) is 10.6. The van der Waals surface area contributed by atoms with E-state index in [9.17, 15) is 8.42 Å². The summed E-state index contributed by atoms with van der Waals surface area (Å²) in [5.74, 6) is 0.899. The summed E-state index contributed by atoms with van der Waals surface area (Å²) in [7, 11) is -3.27. The van der Waals surface area contributed by atoms with Crippen molar-refractivity contribution < 1.29 is 8.42 Å². The molecule has 0 spiro atoms. The molecular weight excluding hydrogens is 336 g/mol. The van der Waals surface area contributed by atoms with Gasteiger partial charge in [0.1, 0.15) is 0 Å². The van der Waals surface area contributed by atoms with E-state index in [1.165, 1.54) is 12.8 Å². The average molecular weight is 360 g/mol. The van der Waals surface area contributed by atoms with E-state index < -0.39 is 10.0 Å². The lowest BCUT2D eigenvalue weighted by atomic mass is 9.97. The van der Waals surface area contributed by atoms with Crippen LogP contribution in [0.25, 0.3) is 0 Å². The Bertz CT molecular complexity index is 844. The zero-order valence-corrected chi connectivity index (χ0v) is 15.2. The summed E-state index contributed by atoms with van der Waals surface area (Å²) in [5.41, 5.74) is 2.86. The lowest BCUT2D eigenvalue weighted by Gasteiger charge is -2.35. The van der Waals surface area contributed by atoms with Crippen molar-refractivity contribution in [2.75, 3.05) is 28.5 Å². The normalized spacial score (nSPS) is 20.4. The number of rotatable bonds is 6. The number of hydrogen-bond acceptors (Lipinski definition) is 4. The maximum atomic E-state index is 12.5. The van der Waals surface area contributed by atoms with Crippen molar-refractivity contribution in [2.24, 2.45) is 5.92 Å². The summed E-state index contributed by atoms with van der Waals surface area (Å²) in [6.07, 6.45) is 7.04. The highest BCUT2D eigenvalue weighted by Crippen LogP contribution is 2.39. The van der Waals surface area contributed by atoms with Crippen molar-refractivity contribution in [1.82, 2.24) is 9.78 Å². The number of nitrogens with zero attached hydrogens (tertiary/aromatic N) is 3. The minimum Gasteiger partial charge on any atom is -0.385 e. The van der Waals surface area contributed by atoms with Gasteiger partial charge in [0.05, 0.1) is 17.5 Å². The standard InChI is InChI=1S/C18H24N4O2S/c1-2-25(23,24)22-11-8-17(21-10-3-9-20-21)16-12-15(6-7-18(16)22)19-13-14-4-5-14/h3,6-7,9-10,12,14,17,19H,2,4-5,8,11,13H2,1H3. The zero-order chi connectivity index (χ0) is 17.4. The molecule has 1 fully saturated rings. The number of fused-ring (bicyclic) bond motifs is 1. The fourth-order valence-corrected chi connectivity index (χ4v) is 4.60. The van der Waals surface area contributed by atoms with Gasteiger partial charge in [-0.05, 0) is 56.4 Å². The summed E-state index contributed by atoms with van der Waals surface area (Å²) < 4.78 is 28.5. The van der Waals surface area contributed by atoms with Gasteiger partial charge in [-0.3, -0.25) is 8.99 Å². The SMILES string of the molecule is CCS(=O)(=O)N1CCC(n2cccn2)c2cc(NCC3CC3)ccc21. The topological polar surface area (TPSA) is 67.2 Å². The zero-order valence-electron chi connectivity index (χ0n) is 14.4. The monoisotopic (exact) mass is 360 g/mol. The van der Waals surface area contributed by atoms with Crippen LogP contribution in [0, 0.1) is 5.92 Å². The first-order chi connectivity index (χ1) is 12.1. The molecule has 0 saturated heterocycles. The molecule has 1 atom stereocenters. The largest absolute Gasteiger partial charge is 0.385 e. The van der Waals surface area contributed by atoms with Crippen molar-refractivity contribution in [3.63, 3.8) is 0 Å². The molecule has 1 saturated carbocycles. The van der Waals surface area contributed by atoms with Gasteiger partial charge in [0.15, 0.2) is 0 Å². The minimum atomic E-state index is -3.27. The Morgan fingerprint density at radius 2 is 2.12 bits per heavy atom. The summed E-state index contributed by atoms with van der Waals surface area (Å²) in [4.78, 5) is 0. The molecule has 1 aromatic heterocycles. The van der Waals surface area contributed by atoms with Crippen LogP contribution in [0.1, 0.15) is 37.8 Å². The molecule has 1 aliphatic heterocycles. The van der Waals surface area contributed by atoms with Crippen LogP contribution in [0.5, 0.6) is 0 Å². The maximum absolute atomic E-state index is 12.5. The van der Waals surface area contributed by atoms with Crippen molar-refractivity contribution >= 4 is 21.4 Å². The van der Waals surface area contributed by atoms with Crippen molar-refractivity contribution in [2.45, 2.75) is 32.2 Å². The fourth-order valence-electron chi connectivity index (χ4n) is 3.44. The molecule has 1 aromatic carbocycles. The predicted octanol–water partition coefficient (Wildman–Crippen LogP) is 2.85. The first kappa shape index (κ1) is 16.4. The molecule has 1 N–H and O–H groups in total. The molecule has 2 aromatic rings. The first-order valence-electron chi connectivity index (χ1n) is 8.96. The molecule has 0 amide bonds. The molecule has 2 aliphatic rings. The predicted molar refractivity (Wildman–Crippen MR) is 99.4 cm³/mol. The van der Waals surface area contributed by atoms with E-state index in [4.69, 9.17) is 0 Å². The van der Waals surface area contributed by atoms with Gasteiger partial charge < -0.3 is 5.32 Å². The third kappa shape index (κ3) is 3.25. The highest BCUT2D eigenvalue weighted by molar-refractivity contribution is 7.92. The van der Waals surface area contributed by atoms with Crippen LogP contribution in [-0.4, -0.2) is 37.0 Å². The Kier molecular flexibility index (Phi) is 4.19. The molecule has 2 heterocycles. The van der Waals surface area contributed by atoms with E-state index >= 15 is 0 Å². The van der Waals surface area contributed by atoms with Crippen LogP contribution >= 0.6 is 0 Å².